The van der Waals surface area contributed by atoms with Crippen LogP contribution in [0.1, 0.15) is 21.6 Å². The molecular weight excluding hydrogens is 537 g/mol. The lowest BCUT2D eigenvalue weighted by atomic mass is 10.1. The van der Waals surface area contributed by atoms with E-state index in [9.17, 15) is 14.7 Å². The molecule has 0 aliphatic rings. The number of carboxylic acids is 1. The number of rotatable bonds is 9. The van der Waals surface area contributed by atoms with Crippen molar-refractivity contribution in [2.45, 2.75) is 19.1 Å². The van der Waals surface area contributed by atoms with Gasteiger partial charge in [0.25, 0.3) is 5.91 Å². The Morgan fingerprint density at radius 3 is 2.26 bits per heavy atom. The highest BCUT2D eigenvalue weighted by Gasteiger charge is 2.25. The number of hydrogen-bond donors (Lipinski definition) is 2. The molecule has 5 aromatic rings. The summed E-state index contributed by atoms with van der Waals surface area (Å²) >= 11 is 12.5. The molecule has 2 N–H and O–H groups in total. The zero-order valence-corrected chi connectivity index (χ0v) is 22.1. The second-order valence-corrected chi connectivity index (χ2v) is 9.69. The van der Waals surface area contributed by atoms with Crippen LogP contribution in [0.25, 0.3) is 16.8 Å². The Hall–Kier alpha value is -4.33. The highest BCUT2D eigenvalue weighted by molar-refractivity contribution is 6.33. The van der Waals surface area contributed by atoms with E-state index >= 15 is 0 Å². The number of benzene rings is 3. The molecule has 1 atom stereocenters. The van der Waals surface area contributed by atoms with Crippen molar-refractivity contribution in [3.05, 3.63) is 124 Å². The van der Waals surface area contributed by atoms with Crippen LogP contribution in [0.4, 0.5) is 0 Å². The van der Waals surface area contributed by atoms with Gasteiger partial charge < -0.3 is 15.2 Å². The van der Waals surface area contributed by atoms with E-state index in [2.05, 4.69) is 10.3 Å². The van der Waals surface area contributed by atoms with E-state index in [1.807, 2.05) is 48.5 Å². The van der Waals surface area contributed by atoms with Crippen molar-refractivity contribution in [2.75, 3.05) is 0 Å². The fourth-order valence-corrected chi connectivity index (χ4v) is 4.49. The number of ether oxygens (including phenoxy) is 1. The smallest absolute Gasteiger partial charge is 0.326 e. The lowest BCUT2D eigenvalue weighted by Gasteiger charge is -2.14. The first kappa shape index (κ1) is 26.3. The van der Waals surface area contributed by atoms with E-state index in [1.54, 1.807) is 53.1 Å². The summed E-state index contributed by atoms with van der Waals surface area (Å²) in [5, 5.41) is 13.0. The van der Waals surface area contributed by atoms with Crippen LogP contribution in [-0.2, 0) is 17.8 Å². The third-order valence-corrected chi connectivity index (χ3v) is 6.78. The standard InChI is InChI=1S/C30H23Cl2N3O4/c31-23-11-8-21(9-12-23)22-10-15-26-34-27(28(32)35(26)17-22)29(36)33-25(30(37)38)16-19-6-13-24(14-7-19)39-18-20-4-2-1-3-5-20/h1-15,17,25H,16,18H2,(H,33,36)(H,37,38)/t25-/m0/s1. The summed E-state index contributed by atoms with van der Waals surface area (Å²) in [6, 6.07) is 26.6. The molecule has 2 heterocycles. The average molecular weight is 560 g/mol. The number of aliphatic carboxylic acids is 1. The molecule has 5 rings (SSSR count). The molecule has 7 nitrogen and oxygen atoms in total. The Kier molecular flexibility index (Phi) is 7.81. The predicted octanol–water partition coefficient (Wildman–Crippen LogP) is 6.31. The van der Waals surface area contributed by atoms with Gasteiger partial charge in [0, 0.05) is 17.6 Å². The molecule has 0 radical (unpaired) electrons. The van der Waals surface area contributed by atoms with Gasteiger partial charge in [0.1, 0.15) is 29.2 Å². The zero-order valence-electron chi connectivity index (χ0n) is 20.6. The highest BCUT2D eigenvalue weighted by Crippen LogP contribution is 2.26. The van der Waals surface area contributed by atoms with Crippen molar-refractivity contribution >= 4 is 40.7 Å². The van der Waals surface area contributed by atoms with Gasteiger partial charge in [-0.05, 0) is 58.7 Å². The first-order chi connectivity index (χ1) is 18.9. The van der Waals surface area contributed by atoms with Crippen molar-refractivity contribution in [3.63, 3.8) is 0 Å². The van der Waals surface area contributed by atoms with Crippen LogP contribution in [0.2, 0.25) is 10.2 Å². The van der Waals surface area contributed by atoms with E-state index in [0.29, 0.717) is 23.0 Å². The lowest BCUT2D eigenvalue weighted by molar-refractivity contribution is -0.139. The summed E-state index contributed by atoms with van der Waals surface area (Å²) in [5.41, 5.74) is 3.94. The minimum Gasteiger partial charge on any atom is -0.489 e. The van der Waals surface area contributed by atoms with E-state index in [4.69, 9.17) is 27.9 Å². The van der Waals surface area contributed by atoms with Gasteiger partial charge >= 0.3 is 5.97 Å². The van der Waals surface area contributed by atoms with Crippen LogP contribution in [-0.4, -0.2) is 32.4 Å². The van der Waals surface area contributed by atoms with Crippen LogP contribution in [0.3, 0.4) is 0 Å². The number of hydrogen-bond acceptors (Lipinski definition) is 4. The zero-order chi connectivity index (χ0) is 27.4. The molecule has 0 bridgehead atoms. The van der Waals surface area contributed by atoms with Crippen molar-refractivity contribution in [3.8, 4) is 16.9 Å². The molecule has 0 spiro atoms. The first-order valence-corrected chi connectivity index (χ1v) is 12.9. The summed E-state index contributed by atoms with van der Waals surface area (Å²) in [4.78, 5) is 29.3. The van der Waals surface area contributed by atoms with Crippen molar-refractivity contribution in [1.82, 2.24) is 14.7 Å². The Bertz CT molecular complexity index is 1620. The summed E-state index contributed by atoms with van der Waals surface area (Å²) in [7, 11) is 0. The molecule has 1 amide bonds. The number of carboxylic acid groups (broad SMARTS) is 1. The quantitative estimate of drug-likeness (QED) is 0.220. The molecule has 0 aliphatic heterocycles. The normalized spacial score (nSPS) is 11.7. The van der Waals surface area contributed by atoms with E-state index < -0.39 is 17.9 Å². The fraction of sp³-hybridized carbons (Fsp3) is 0.100. The first-order valence-electron chi connectivity index (χ1n) is 12.1. The SMILES string of the molecule is O=C(N[C@@H](Cc1ccc(OCc2ccccc2)cc1)C(=O)O)c1nc2ccc(-c3ccc(Cl)cc3)cn2c1Cl. The van der Waals surface area contributed by atoms with Gasteiger partial charge in [-0.3, -0.25) is 9.20 Å². The van der Waals surface area contributed by atoms with Crippen LogP contribution in [0, 0.1) is 0 Å². The Balaban J connectivity index is 1.27. The summed E-state index contributed by atoms with van der Waals surface area (Å²) in [5.74, 6) is -1.18. The second kappa shape index (κ2) is 11.6. The molecular formula is C30H23Cl2N3O4. The molecule has 2 aromatic heterocycles. The molecule has 0 unspecified atom stereocenters. The summed E-state index contributed by atoms with van der Waals surface area (Å²) in [6.45, 7) is 0.426. The minimum absolute atomic E-state index is 0.0548. The van der Waals surface area contributed by atoms with E-state index in [0.717, 1.165) is 22.3 Å². The minimum atomic E-state index is -1.18. The number of nitrogens with zero attached hydrogens (tertiary/aromatic N) is 2. The second-order valence-electron chi connectivity index (χ2n) is 8.89. The highest BCUT2D eigenvalue weighted by atomic mass is 35.5. The van der Waals surface area contributed by atoms with Gasteiger partial charge in [0.15, 0.2) is 5.69 Å². The van der Waals surface area contributed by atoms with Crippen LogP contribution < -0.4 is 10.1 Å². The molecule has 0 saturated heterocycles. The number of amides is 1. The third-order valence-electron chi connectivity index (χ3n) is 6.17. The van der Waals surface area contributed by atoms with Crippen LogP contribution in [0.15, 0.2) is 97.2 Å². The number of fused-ring (bicyclic) bond motifs is 1. The van der Waals surface area contributed by atoms with Crippen LogP contribution in [0.5, 0.6) is 5.75 Å². The van der Waals surface area contributed by atoms with Gasteiger partial charge in [-0.2, -0.15) is 0 Å². The van der Waals surface area contributed by atoms with E-state index in [1.165, 1.54) is 0 Å². The third kappa shape index (κ3) is 6.22. The average Bonchev–Trinajstić information content (AvgIpc) is 3.29. The van der Waals surface area contributed by atoms with Gasteiger partial charge in [-0.15, -0.1) is 0 Å². The van der Waals surface area contributed by atoms with Crippen LogP contribution >= 0.6 is 23.2 Å². The molecule has 0 fully saturated rings. The molecule has 9 heteroatoms. The number of imidazole rings is 1. The fourth-order valence-electron chi connectivity index (χ4n) is 4.10. The van der Waals surface area contributed by atoms with Crippen molar-refractivity contribution in [1.29, 1.82) is 0 Å². The molecule has 0 saturated carbocycles. The Labute approximate surface area is 234 Å². The Morgan fingerprint density at radius 1 is 0.872 bits per heavy atom. The molecule has 3 aromatic carbocycles. The number of aromatic nitrogens is 2. The monoisotopic (exact) mass is 559 g/mol. The number of carbonyl (C=O) groups excluding carboxylic acids is 1. The van der Waals surface area contributed by atoms with Gasteiger partial charge in [-0.25, -0.2) is 9.78 Å². The predicted molar refractivity (Wildman–Crippen MR) is 150 cm³/mol. The maximum atomic E-state index is 13.0. The molecule has 39 heavy (non-hydrogen) atoms. The van der Waals surface area contributed by atoms with Gasteiger partial charge in [0.2, 0.25) is 0 Å². The Morgan fingerprint density at radius 2 is 1.56 bits per heavy atom. The van der Waals surface area contributed by atoms with Crippen molar-refractivity contribution < 1.29 is 19.4 Å². The maximum absolute atomic E-state index is 13.0. The summed E-state index contributed by atoms with van der Waals surface area (Å²) < 4.78 is 7.38. The maximum Gasteiger partial charge on any atom is 0.326 e. The number of pyridine rings is 1. The van der Waals surface area contributed by atoms with E-state index in [-0.39, 0.29) is 17.3 Å². The summed E-state index contributed by atoms with van der Waals surface area (Å²) in [6.07, 6.45) is 1.84. The van der Waals surface area contributed by atoms with Gasteiger partial charge in [-0.1, -0.05) is 77.8 Å². The lowest BCUT2D eigenvalue weighted by Crippen LogP contribution is -2.42. The number of nitrogens with one attached hydrogen (secondary N) is 1. The van der Waals surface area contributed by atoms with Crippen molar-refractivity contribution in [2.24, 2.45) is 0 Å². The van der Waals surface area contributed by atoms with Gasteiger partial charge in [0.05, 0.1) is 0 Å². The molecule has 0 aliphatic carbocycles. The number of halogens is 2. The largest absolute Gasteiger partial charge is 0.489 e. The topological polar surface area (TPSA) is 92.9 Å². The number of carbonyl (C=O) groups is 2. The molecule has 196 valence electrons.